The number of carbonyl (C=O) groups excluding carboxylic acids is 1. The standard InChI is InChI=1S/C23H20ClN3O3/c1-14-18(15(2)26-23(29)19(14)13-25)9-11-22(28)27-20-12-16(24)8-10-21(20)30-17-6-4-3-5-7-17/h3-8,10,12H,9,11H2,1-2H3,(H,26,29)(H,27,28). The number of nitrogens with one attached hydrogen (secondary N) is 2. The lowest BCUT2D eigenvalue weighted by molar-refractivity contribution is -0.116. The Morgan fingerprint density at radius 2 is 1.93 bits per heavy atom. The van der Waals surface area contributed by atoms with E-state index in [1.54, 1.807) is 32.0 Å². The number of anilines is 1. The van der Waals surface area contributed by atoms with E-state index in [0.29, 0.717) is 39.9 Å². The molecule has 0 saturated heterocycles. The summed E-state index contributed by atoms with van der Waals surface area (Å²) in [5.74, 6) is 0.875. The molecular formula is C23H20ClN3O3. The quantitative estimate of drug-likeness (QED) is 0.592. The predicted octanol–water partition coefficient (Wildman–Crippen LogP) is 4.88. The van der Waals surface area contributed by atoms with E-state index < -0.39 is 5.56 Å². The minimum atomic E-state index is -0.415. The largest absolute Gasteiger partial charge is 0.455 e. The van der Waals surface area contributed by atoms with E-state index in [0.717, 1.165) is 5.56 Å². The van der Waals surface area contributed by atoms with Crippen molar-refractivity contribution in [2.45, 2.75) is 26.7 Å². The molecule has 152 valence electrons. The third-order valence-corrected chi connectivity index (χ3v) is 4.94. The van der Waals surface area contributed by atoms with Crippen molar-refractivity contribution in [3.63, 3.8) is 0 Å². The maximum absolute atomic E-state index is 12.6. The number of nitriles is 1. The van der Waals surface area contributed by atoms with Crippen LogP contribution >= 0.6 is 11.6 Å². The summed E-state index contributed by atoms with van der Waals surface area (Å²) < 4.78 is 5.86. The van der Waals surface area contributed by atoms with Crippen LogP contribution in [0.5, 0.6) is 11.5 Å². The Kier molecular flexibility index (Phi) is 6.55. The Hall–Kier alpha value is -3.56. The van der Waals surface area contributed by atoms with Gasteiger partial charge in [-0.05, 0) is 61.7 Å². The van der Waals surface area contributed by atoms with Gasteiger partial charge in [0.15, 0.2) is 5.75 Å². The topological polar surface area (TPSA) is 95.0 Å². The monoisotopic (exact) mass is 421 g/mol. The van der Waals surface area contributed by atoms with E-state index in [2.05, 4.69) is 10.3 Å². The van der Waals surface area contributed by atoms with Crippen molar-refractivity contribution >= 4 is 23.2 Å². The number of halogens is 1. The summed E-state index contributed by atoms with van der Waals surface area (Å²) in [7, 11) is 0. The SMILES string of the molecule is Cc1[nH]c(=O)c(C#N)c(C)c1CCC(=O)Nc1cc(Cl)ccc1Oc1ccccc1. The average Bonchev–Trinajstić information content (AvgIpc) is 2.70. The van der Waals surface area contributed by atoms with Crippen molar-refractivity contribution in [3.8, 4) is 17.6 Å². The number of nitrogens with zero attached hydrogens (tertiary/aromatic N) is 1. The first-order valence-corrected chi connectivity index (χ1v) is 9.71. The number of aromatic nitrogens is 1. The molecule has 0 spiro atoms. The van der Waals surface area contributed by atoms with E-state index in [1.165, 1.54) is 0 Å². The minimum Gasteiger partial charge on any atom is -0.455 e. The van der Waals surface area contributed by atoms with Gasteiger partial charge in [-0.3, -0.25) is 9.59 Å². The molecule has 0 unspecified atom stereocenters. The van der Waals surface area contributed by atoms with Crippen LogP contribution in [0.1, 0.15) is 28.8 Å². The van der Waals surface area contributed by atoms with Crippen molar-refractivity contribution in [1.82, 2.24) is 4.98 Å². The first-order valence-electron chi connectivity index (χ1n) is 9.33. The Morgan fingerprint density at radius 3 is 2.63 bits per heavy atom. The zero-order valence-electron chi connectivity index (χ0n) is 16.6. The zero-order valence-corrected chi connectivity index (χ0v) is 17.3. The van der Waals surface area contributed by atoms with Gasteiger partial charge >= 0.3 is 0 Å². The number of pyridine rings is 1. The molecule has 0 aliphatic heterocycles. The molecule has 2 N–H and O–H groups in total. The summed E-state index contributed by atoms with van der Waals surface area (Å²) in [6.45, 7) is 3.47. The summed E-state index contributed by atoms with van der Waals surface area (Å²) in [5.41, 5.74) is 2.16. The molecule has 0 aliphatic carbocycles. The highest BCUT2D eigenvalue weighted by atomic mass is 35.5. The molecule has 2 aromatic carbocycles. The number of para-hydroxylation sites is 1. The van der Waals surface area contributed by atoms with Gasteiger partial charge in [0.25, 0.3) is 5.56 Å². The highest BCUT2D eigenvalue weighted by Gasteiger charge is 2.15. The van der Waals surface area contributed by atoms with Crippen molar-refractivity contribution < 1.29 is 9.53 Å². The highest BCUT2D eigenvalue weighted by Crippen LogP contribution is 2.32. The summed E-state index contributed by atoms with van der Waals surface area (Å²) in [6.07, 6.45) is 0.542. The van der Waals surface area contributed by atoms with Gasteiger partial charge in [0, 0.05) is 17.1 Å². The van der Waals surface area contributed by atoms with Crippen molar-refractivity contribution in [2.24, 2.45) is 0 Å². The summed E-state index contributed by atoms with van der Waals surface area (Å²) in [4.78, 5) is 27.1. The maximum Gasteiger partial charge on any atom is 0.266 e. The van der Waals surface area contributed by atoms with Crippen LogP contribution in [0, 0.1) is 25.2 Å². The number of aryl methyl sites for hydroxylation is 1. The number of rotatable bonds is 6. The lowest BCUT2D eigenvalue weighted by Gasteiger charge is -2.14. The average molecular weight is 422 g/mol. The molecule has 0 fully saturated rings. The second-order valence-corrected chi connectivity index (χ2v) is 7.21. The van der Waals surface area contributed by atoms with Gasteiger partial charge in [-0.25, -0.2) is 0 Å². The van der Waals surface area contributed by atoms with Crippen LogP contribution in [0.15, 0.2) is 53.3 Å². The number of benzene rings is 2. The lowest BCUT2D eigenvalue weighted by Crippen LogP contribution is -2.18. The van der Waals surface area contributed by atoms with Gasteiger partial charge in [0.05, 0.1) is 5.69 Å². The molecule has 1 amide bonds. The van der Waals surface area contributed by atoms with E-state index in [1.807, 2.05) is 36.4 Å². The van der Waals surface area contributed by atoms with Crippen LogP contribution in [0.4, 0.5) is 5.69 Å². The fourth-order valence-corrected chi connectivity index (χ4v) is 3.35. The Morgan fingerprint density at radius 1 is 1.20 bits per heavy atom. The number of hydrogen-bond donors (Lipinski definition) is 2. The second kappa shape index (κ2) is 9.29. The van der Waals surface area contributed by atoms with E-state index >= 15 is 0 Å². The number of aromatic amines is 1. The maximum atomic E-state index is 12.6. The van der Waals surface area contributed by atoms with Crippen LogP contribution in [0.2, 0.25) is 5.02 Å². The molecule has 0 bridgehead atoms. The number of carbonyl (C=O) groups is 1. The van der Waals surface area contributed by atoms with Crippen LogP contribution in [-0.4, -0.2) is 10.9 Å². The predicted molar refractivity (Wildman–Crippen MR) is 116 cm³/mol. The number of H-pyrrole nitrogens is 1. The zero-order chi connectivity index (χ0) is 21.7. The van der Waals surface area contributed by atoms with Gasteiger partial charge in [-0.1, -0.05) is 29.8 Å². The fourth-order valence-electron chi connectivity index (χ4n) is 3.18. The third-order valence-electron chi connectivity index (χ3n) is 4.71. The number of ether oxygens (including phenoxy) is 1. The summed E-state index contributed by atoms with van der Waals surface area (Å²) in [6, 6.07) is 16.2. The van der Waals surface area contributed by atoms with Gasteiger partial charge < -0.3 is 15.0 Å². The first-order chi connectivity index (χ1) is 14.4. The fraction of sp³-hybridized carbons (Fsp3) is 0.174. The van der Waals surface area contributed by atoms with Crippen LogP contribution in [0.3, 0.4) is 0 Å². The molecule has 1 aromatic heterocycles. The van der Waals surface area contributed by atoms with Crippen molar-refractivity contribution in [1.29, 1.82) is 5.26 Å². The van der Waals surface area contributed by atoms with Crippen molar-refractivity contribution in [2.75, 3.05) is 5.32 Å². The Balaban J connectivity index is 1.75. The molecule has 0 aliphatic rings. The molecule has 0 saturated carbocycles. The van der Waals surface area contributed by atoms with Gasteiger partial charge in [-0.2, -0.15) is 5.26 Å². The molecule has 0 radical (unpaired) electrons. The second-order valence-electron chi connectivity index (χ2n) is 6.77. The number of hydrogen-bond acceptors (Lipinski definition) is 4. The highest BCUT2D eigenvalue weighted by molar-refractivity contribution is 6.31. The lowest BCUT2D eigenvalue weighted by atomic mass is 9.99. The Bertz CT molecular complexity index is 1180. The smallest absolute Gasteiger partial charge is 0.266 e. The molecule has 7 heteroatoms. The van der Waals surface area contributed by atoms with E-state index in [4.69, 9.17) is 16.3 Å². The molecule has 3 aromatic rings. The molecule has 3 rings (SSSR count). The van der Waals surface area contributed by atoms with Crippen LogP contribution < -0.4 is 15.6 Å². The third kappa shape index (κ3) is 4.88. The summed E-state index contributed by atoms with van der Waals surface area (Å²) >= 11 is 6.09. The molecule has 1 heterocycles. The Labute approximate surface area is 179 Å². The minimum absolute atomic E-state index is 0.0735. The van der Waals surface area contributed by atoms with Gasteiger partial charge in [0.2, 0.25) is 5.91 Å². The van der Waals surface area contributed by atoms with Gasteiger partial charge in [-0.15, -0.1) is 0 Å². The normalized spacial score (nSPS) is 10.3. The molecule has 30 heavy (non-hydrogen) atoms. The van der Waals surface area contributed by atoms with Crippen LogP contribution in [-0.2, 0) is 11.2 Å². The van der Waals surface area contributed by atoms with Crippen molar-refractivity contribution in [3.05, 3.63) is 86.3 Å². The van der Waals surface area contributed by atoms with E-state index in [-0.39, 0.29) is 17.9 Å². The molecule has 6 nitrogen and oxygen atoms in total. The first kappa shape index (κ1) is 21.2. The summed E-state index contributed by atoms with van der Waals surface area (Å²) in [5, 5.41) is 12.5. The molecule has 0 atom stereocenters. The molecular weight excluding hydrogens is 402 g/mol. The van der Waals surface area contributed by atoms with E-state index in [9.17, 15) is 14.9 Å². The number of amides is 1. The van der Waals surface area contributed by atoms with Gasteiger partial charge in [0.1, 0.15) is 17.4 Å². The van der Waals surface area contributed by atoms with Crippen LogP contribution in [0.25, 0.3) is 0 Å².